The quantitative estimate of drug-likeness (QED) is 0.239. The van der Waals surface area contributed by atoms with Crippen molar-refractivity contribution in [3.8, 4) is 0 Å². The van der Waals surface area contributed by atoms with E-state index >= 15 is 0 Å². The summed E-state index contributed by atoms with van der Waals surface area (Å²) in [5, 5.41) is 31.2. The van der Waals surface area contributed by atoms with Gasteiger partial charge in [0, 0.05) is 18.8 Å². The van der Waals surface area contributed by atoms with Crippen molar-refractivity contribution in [2.24, 2.45) is 11.8 Å². The zero-order valence-electron chi connectivity index (χ0n) is 18.7. The summed E-state index contributed by atoms with van der Waals surface area (Å²) in [5.41, 5.74) is -0.882. The van der Waals surface area contributed by atoms with Crippen molar-refractivity contribution in [1.82, 2.24) is 0 Å². The number of allylic oxidation sites excluding steroid dienone is 2. The molecule has 5 atom stereocenters. The number of hydrogen-bond donors (Lipinski definition) is 3. The first-order valence-corrected chi connectivity index (χ1v) is 11.3. The van der Waals surface area contributed by atoms with Crippen molar-refractivity contribution in [2.45, 2.75) is 109 Å². The molecule has 1 fully saturated rings. The highest BCUT2D eigenvalue weighted by Gasteiger charge is 2.39. The molecule has 5 nitrogen and oxygen atoms in total. The first-order chi connectivity index (χ1) is 13.7. The molecule has 1 rings (SSSR count). The molecule has 0 amide bonds. The Balaban J connectivity index is 2.49. The Kier molecular flexibility index (Phi) is 11.8. The third-order valence-electron chi connectivity index (χ3n) is 5.57. The van der Waals surface area contributed by atoms with Crippen molar-refractivity contribution < 1.29 is 24.9 Å². The maximum atomic E-state index is 11.5. The van der Waals surface area contributed by atoms with Crippen LogP contribution in [0.5, 0.6) is 0 Å². The van der Waals surface area contributed by atoms with E-state index in [-0.39, 0.29) is 23.9 Å². The fourth-order valence-electron chi connectivity index (χ4n) is 3.90. The molecular weight excluding hydrogens is 368 g/mol. The van der Waals surface area contributed by atoms with Crippen LogP contribution in [0.15, 0.2) is 24.3 Å². The summed E-state index contributed by atoms with van der Waals surface area (Å²) < 4.78 is 5.11. The molecule has 0 unspecified atom stereocenters. The highest BCUT2D eigenvalue weighted by Crippen LogP contribution is 2.37. The van der Waals surface area contributed by atoms with E-state index in [1.807, 2.05) is 32.1 Å². The Morgan fingerprint density at radius 2 is 1.90 bits per heavy atom. The van der Waals surface area contributed by atoms with E-state index in [0.29, 0.717) is 25.7 Å². The zero-order chi connectivity index (χ0) is 21.9. The van der Waals surface area contributed by atoms with E-state index in [1.165, 1.54) is 0 Å². The Hall–Kier alpha value is -1.17. The zero-order valence-corrected chi connectivity index (χ0v) is 18.7. The van der Waals surface area contributed by atoms with Crippen LogP contribution in [0.3, 0.4) is 0 Å². The third-order valence-corrected chi connectivity index (χ3v) is 5.57. The standard InChI is InChI=1S/C24H42O5/c1-5-6-11-15-24(4,28)16-14-20-19(21(25)17-22(20)26)12-9-7-8-10-13-23(27)29-18(2)3/h7,9,14,16,18-22,25-26,28H,5-6,8,10-13,15,17H2,1-4H3/b9-7-,16-14+/t19-,20-,21-,22+,24-/m0/s1. The van der Waals surface area contributed by atoms with Gasteiger partial charge in [0.15, 0.2) is 0 Å². The summed E-state index contributed by atoms with van der Waals surface area (Å²) in [4.78, 5) is 11.5. The molecule has 0 aromatic carbocycles. The smallest absolute Gasteiger partial charge is 0.306 e. The van der Waals surface area contributed by atoms with Crippen molar-refractivity contribution in [1.29, 1.82) is 0 Å². The molecule has 0 aromatic heterocycles. The predicted molar refractivity (Wildman–Crippen MR) is 116 cm³/mol. The maximum Gasteiger partial charge on any atom is 0.306 e. The number of aliphatic hydroxyl groups is 3. The molecule has 1 aliphatic rings. The van der Waals surface area contributed by atoms with Crippen molar-refractivity contribution in [3.63, 3.8) is 0 Å². The highest BCUT2D eigenvalue weighted by atomic mass is 16.5. The third kappa shape index (κ3) is 10.4. The number of carbonyl (C=O) groups excluding carboxylic acids is 1. The normalized spacial score (nSPS) is 27.2. The lowest BCUT2D eigenvalue weighted by Gasteiger charge is -2.23. The largest absolute Gasteiger partial charge is 0.463 e. The lowest BCUT2D eigenvalue weighted by molar-refractivity contribution is -0.147. The van der Waals surface area contributed by atoms with E-state index in [4.69, 9.17) is 4.74 Å². The molecule has 29 heavy (non-hydrogen) atoms. The highest BCUT2D eigenvalue weighted by molar-refractivity contribution is 5.69. The Bertz CT molecular complexity index is 523. The van der Waals surface area contributed by atoms with Crippen LogP contribution >= 0.6 is 0 Å². The van der Waals surface area contributed by atoms with Crippen LogP contribution in [-0.4, -0.2) is 45.2 Å². The first-order valence-electron chi connectivity index (χ1n) is 11.3. The van der Waals surface area contributed by atoms with Crippen LogP contribution in [-0.2, 0) is 9.53 Å². The molecule has 0 radical (unpaired) electrons. The van der Waals surface area contributed by atoms with Crippen LogP contribution in [0.4, 0.5) is 0 Å². The van der Waals surface area contributed by atoms with Crippen LogP contribution in [0.2, 0.25) is 0 Å². The molecule has 168 valence electrons. The molecule has 0 heterocycles. The number of ether oxygens (including phenoxy) is 1. The van der Waals surface area contributed by atoms with Crippen LogP contribution in [0.25, 0.3) is 0 Å². The Morgan fingerprint density at radius 1 is 1.17 bits per heavy atom. The maximum absolute atomic E-state index is 11.5. The van der Waals surface area contributed by atoms with Gasteiger partial charge in [0.05, 0.1) is 23.9 Å². The summed E-state index contributed by atoms with van der Waals surface area (Å²) in [6.45, 7) is 7.62. The van der Waals surface area contributed by atoms with Crippen LogP contribution in [0, 0.1) is 11.8 Å². The van der Waals surface area contributed by atoms with Gasteiger partial charge < -0.3 is 20.1 Å². The average molecular weight is 411 g/mol. The number of carbonyl (C=O) groups is 1. The second kappa shape index (κ2) is 13.2. The molecule has 0 spiro atoms. The van der Waals surface area contributed by atoms with Gasteiger partial charge in [-0.15, -0.1) is 0 Å². The van der Waals surface area contributed by atoms with E-state index in [1.54, 1.807) is 13.0 Å². The number of unbranched alkanes of at least 4 members (excludes halogenated alkanes) is 3. The van der Waals surface area contributed by atoms with Gasteiger partial charge in [-0.05, 0) is 52.4 Å². The fourth-order valence-corrected chi connectivity index (χ4v) is 3.90. The molecule has 3 N–H and O–H groups in total. The number of esters is 1. The van der Waals surface area contributed by atoms with E-state index in [0.717, 1.165) is 32.1 Å². The molecule has 0 saturated heterocycles. The van der Waals surface area contributed by atoms with Gasteiger partial charge in [-0.1, -0.05) is 50.5 Å². The van der Waals surface area contributed by atoms with Crippen LogP contribution < -0.4 is 0 Å². The minimum atomic E-state index is -0.882. The number of hydrogen-bond acceptors (Lipinski definition) is 5. The summed E-state index contributed by atoms with van der Waals surface area (Å²) in [6, 6.07) is 0. The van der Waals surface area contributed by atoms with Gasteiger partial charge in [-0.2, -0.15) is 0 Å². The van der Waals surface area contributed by atoms with E-state index in [2.05, 4.69) is 6.92 Å². The van der Waals surface area contributed by atoms with Gasteiger partial charge in [0.2, 0.25) is 0 Å². The van der Waals surface area contributed by atoms with Crippen molar-refractivity contribution in [3.05, 3.63) is 24.3 Å². The molecule has 1 aliphatic carbocycles. The van der Waals surface area contributed by atoms with Gasteiger partial charge in [-0.3, -0.25) is 4.79 Å². The first kappa shape index (κ1) is 25.9. The van der Waals surface area contributed by atoms with E-state index in [9.17, 15) is 20.1 Å². The van der Waals surface area contributed by atoms with Crippen molar-refractivity contribution >= 4 is 5.97 Å². The minimum absolute atomic E-state index is 0.0603. The second-order valence-electron chi connectivity index (χ2n) is 8.92. The number of aliphatic hydroxyl groups excluding tert-OH is 2. The fraction of sp³-hybridized carbons (Fsp3) is 0.792. The average Bonchev–Trinajstić information content (AvgIpc) is 2.88. The Morgan fingerprint density at radius 3 is 2.55 bits per heavy atom. The predicted octanol–water partition coefficient (Wildman–Crippen LogP) is 4.30. The molecule has 0 aromatic rings. The SMILES string of the molecule is CCCCC[C@](C)(O)/C=C/[C@H]1[C@H](C/C=C\CCCC(=O)OC(C)C)[C@@H](O)C[C@H]1O. The van der Waals surface area contributed by atoms with Gasteiger partial charge in [0.25, 0.3) is 0 Å². The van der Waals surface area contributed by atoms with Crippen LogP contribution in [0.1, 0.15) is 85.5 Å². The number of rotatable bonds is 13. The Labute approximate surface area is 176 Å². The van der Waals surface area contributed by atoms with Crippen molar-refractivity contribution in [2.75, 3.05) is 0 Å². The van der Waals surface area contributed by atoms with Gasteiger partial charge in [0.1, 0.15) is 0 Å². The van der Waals surface area contributed by atoms with E-state index < -0.39 is 17.8 Å². The summed E-state index contributed by atoms with van der Waals surface area (Å²) in [6.07, 6.45) is 13.4. The summed E-state index contributed by atoms with van der Waals surface area (Å²) in [7, 11) is 0. The monoisotopic (exact) mass is 410 g/mol. The molecule has 0 aliphatic heterocycles. The molecule has 0 bridgehead atoms. The molecule has 5 heteroatoms. The summed E-state index contributed by atoms with van der Waals surface area (Å²) in [5.74, 6) is -0.387. The topological polar surface area (TPSA) is 87.0 Å². The molecular formula is C24H42O5. The van der Waals surface area contributed by atoms with Gasteiger partial charge in [-0.25, -0.2) is 0 Å². The summed E-state index contributed by atoms with van der Waals surface area (Å²) >= 11 is 0. The second-order valence-corrected chi connectivity index (χ2v) is 8.92. The lowest BCUT2D eigenvalue weighted by atomic mass is 9.88. The minimum Gasteiger partial charge on any atom is -0.463 e. The lowest BCUT2D eigenvalue weighted by Crippen LogP contribution is -2.24. The van der Waals surface area contributed by atoms with Gasteiger partial charge >= 0.3 is 5.97 Å². The molecule has 1 saturated carbocycles.